The maximum absolute atomic E-state index is 8.80. The number of hydrogen-bond donors (Lipinski definition) is 1. The van der Waals surface area contributed by atoms with E-state index in [-0.39, 0.29) is 6.04 Å². The standard InChI is InChI=1S/C11H21N3O/c1-9-7-14(8-10(2)15-9)5-4-11(6-12)13-3/h9-11,13H,4-5,7-8H2,1-3H3. The predicted octanol–water partition coefficient (Wildman–Crippen LogP) is 0.597. The molecule has 3 unspecified atom stereocenters. The molecule has 0 bridgehead atoms. The Hall–Kier alpha value is -0.630. The van der Waals surface area contributed by atoms with Crippen LogP contribution < -0.4 is 5.32 Å². The van der Waals surface area contributed by atoms with Crippen molar-refractivity contribution < 1.29 is 4.74 Å². The molecule has 0 aromatic rings. The van der Waals surface area contributed by atoms with E-state index < -0.39 is 0 Å². The summed E-state index contributed by atoms with van der Waals surface area (Å²) in [5, 5.41) is 11.8. The van der Waals surface area contributed by atoms with Gasteiger partial charge >= 0.3 is 0 Å². The molecule has 0 amide bonds. The molecule has 0 aliphatic carbocycles. The Morgan fingerprint density at radius 3 is 2.53 bits per heavy atom. The molecule has 1 saturated heterocycles. The monoisotopic (exact) mass is 211 g/mol. The van der Waals surface area contributed by atoms with Crippen LogP contribution >= 0.6 is 0 Å². The third kappa shape index (κ3) is 4.17. The number of nitrogens with zero attached hydrogens (tertiary/aromatic N) is 2. The zero-order valence-electron chi connectivity index (χ0n) is 9.86. The van der Waals surface area contributed by atoms with Gasteiger partial charge in [-0.2, -0.15) is 5.26 Å². The highest BCUT2D eigenvalue weighted by atomic mass is 16.5. The Labute approximate surface area is 92.2 Å². The fourth-order valence-electron chi connectivity index (χ4n) is 2.05. The number of morpholine rings is 1. The van der Waals surface area contributed by atoms with Crippen LogP contribution in [-0.2, 0) is 4.74 Å². The van der Waals surface area contributed by atoms with Gasteiger partial charge in [-0.25, -0.2) is 0 Å². The lowest BCUT2D eigenvalue weighted by atomic mass is 10.2. The second-order valence-electron chi connectivity index (χ2n) is 4.28. The molecule has 0 radical (unpaired) electrons. The Morgan fingerprint density at radius 2 is 2.07 bits per heavy atom. The summed E-state index contributed by atoms with van der Waals surface area (Å²) in [6, 6.07) is 2.22. The largest absolute Gasteiger partial charge is 0.373 e. The van der Waals surface area contributed by atoms with Gasteiger partial charge in [-0.3, -0.25) is 4.90 Å². The number of nitrogens with one attached hydrogen (secondary N) is 1. The molecule has 0 spiro atoms. The Balaban J connectivity index is 2.29. The van der Waals surface area contributed by atoms with Gasteiger partial charge in [0.1, 0.15) is 0 Å². The van der Waals surface area contributed by atoms with Crippen LogP contribution in [0.1, 0.15) is 20.3 Å². The first-order chi connectivity index (χ1) is 7.15. The second kappa shape index (κ2) is 6.06. The smallest absolute Gasteiger partial charge is 0.0962 e. The van der Waals surface area contributed by atoms with Gasteiger partial charge in [-0.15, -0.1) is 0 Å². The van der Waals surface area contributed by atoms with Crippen molar-refractivity contribution in [3.8, 4) is 6.07 Å². The molecule has 86 valence electrons. The highest BCUT2D eigenvalue weighted by Crippen LogP contribution is 2.11. The molecule has 1 N–H and O–H groups in total. The molecule has 0 aromatic heterocycles. The molecule has 1 fully saturated rings. The lowest BCUT2D eigenvalue weighted by Crippen LogP contribution is -2.46. The molecular weight excluding hydrogens is 190 g/mol. The fraction of sp³-hybridized carbons (Fsp3) is 0.909. The van der Waals surface area contributed by atoms with Crippen LogP contribution in [0.25, 0.3) is 0 Å². The van der Waals surface area contributed by atoms with E-state index in [1.807, 2.05) is 7.05 Å². The Bertz CT molecular complexity index is 216. The van der Waals surface area contributed by atoms with Crippen molar-refractivity contribution in [2.45, 2.75) is 38.5 Å². The average Bonchev–Trinajstić information content (AvgIpc) is 2.18. The van der Waals surface area contributed by atoms with Gasteiger partial charge in [0.05, 0.1) is 24.3 Å². The van der Waals surface area contributed by atoms with Crippen LogP contribution in [-0.4, -0.2) is 49.8 Å². The summed E-state index contributed by atoms with van der Waals surface area (Å²) in [5.74, 6) is 0. The maximum atomic E-state index is 8.80. The van der Waals surface area contributed by atoms with Crippen LogP contribution in [0.4, 0.5) is 0 Å². The maximum Gasteiger partial charge on any atom is 0.0962 e. The first-order valence-corrected chi connectivity index (χ1v) is 5.60. The van der Waals surface area contributed by atoms with Gasteiger partial charge in [-0.1, -0.05) is 0 Å². The molecule has 0 saturated carbocycles. The first kappa shape index (κ1) is 12.4. The topological polar surface area (TPSA) is 48.3 Å². The van der Waals surface area contributed by atoms with E-state index in [1.54, 1.807) is 0 Å². The molecule has 0 aromatic carbocycles. The number of hydrogen-bond acceptors (Lipinski definition) is 4. The summed E-state index contributed by atoms with van der Waals surface area (Å²) >= 11 is 0. The lowest BCUT2D eigenvalue weighted by Gasteiger charge is -2.35. The molecule has 15 heavy (non-hydrogen) atoms. The molecule has 4 nitrogen and oxygen atoms in total. The summed E-state index contributed by atoms with van der Waals surface area (Å²) in [4.78, 5) is 2.38. The summed E-state index contributed by atoms with van der Waals surface area (Å²) in [6.07, 6.45) is 1.50. The van der Waals surface area contributed by atoms with E-state index in [0.717, 1.165) is 26.1 Å². The third-order valence-corrected chi connectivity index (χ3v) is 2.73. The summed E-state index contributed by atoms with van der Waals surface area (Å²) in [6.45, 7) is 7.13. The van der Waals surface area contributed by atoms with Crippen molar-refractivity contribution in [1.29, 1.82) is 5.26 Å². The molecule has 4 heteroatoms. The van der Waals surface area contributed by atoms with Crippen LogP contribution in [0.5, 0.6) is 0 Å². The highest BCUT2D eigenvalue weighted by Gasteiger charge is 2.22. The highest BCUT2D eigenvalue weighted by molar-refractivity contribution is 4.89. The minimum absolute atomic E-state index is 0.0292. The van der Waals surface area contributed by atoms with Crippen LogP contribution in [0.2, 0.25) is 0 Å². The molecular formula is C11H21N3O. The second-order valence-corrected chi connectivity index (χ2v) is 4.28. The van der Waals surface area contributed by atoms with Gasteiger partial charge in [-0.05, 0) is 27.3 Å². The van der Waals surface area contributed by atoms with Crippen molar-refractivity contribution in [1.82, 2.24) is 10.2 Å². The van der Waals surface area contributed by atoms with Crippen molar-refractivity contribution >= 4 is 0 Å². The van der Waals surface area contributed by atoms with Crippen molar-refractivity contribution in [2.24, 2.45) is 0 Å². The molecule has 1 rings (SSSR count). The predicted molar refractivity (Wildman–Crippen MR) is 59.5 cm³/mol. The fourth-order valence-corrected chi connectivity index (χ4v) is 2.05. The summed E-state index contributed by atoms with van der Waals surface area (Å²) in [5.41, 5.74) is 0. The zero-order valence-corrected chi connectivity index (χ0v) is 9.86. The molecule has 1 aliphatic rings. The summed E-state index contributed by atoms with van der Waals surface area (Å²) in [7, 11) is 1.83. The van der Waals surface area contributed by atoms with E-state index >= 15 is 0 Å². The minimum Gasteiger partial charge on any atom is -0.373 e. The van der Waals surface area contributed by atoms with E-state index in [1.165, 1.54) is 0 Å². The van der Waals surface area contributed by atoms with Gasteiger partial charge in [0.2, 0.25) is 0 Å². The van der Waals surface area contributed by atoms with E-state index in [2.05, 4.69) is 30.1 Å². The van der Waals surface area contributed by atoms with Crippen molar-refractivity contribution in [2.75, 3.05) is 26.7 Å². The van der Waals surface area contributed by atoms with Gasteiger partial charge in [0.25, 0.3) is 0 Å². The van der Waals surface area contributed by atoms with E-state index in [9.17, 15) is 0 Å². The minimum atomic E-state index is -0.0292. The summed E-state index contributed by atoms with van der Waals surface area (Å²) < 4.78 is 5.65. The average molecular weight is 211 g/mol. The van der Waals surface area contributed by atoms with Crippen LogP contribution in [0.15, 0.2) is 0 Å². The third-order valence-electron chi connectivity index (χ3n) is 2.73. The number of rotatable bonds is 4. The van der Waals surface area contributed by atoms with E-state index in [0.29, 0.717) is 12.2 Å². The van der Waals surface area contributed by atoms with Crippen molar-refractivity contribution in [3.63, 3.8) is 0 Å². The van der Waals surface area contributed by atoms with Crippen LogP contribution in [0.3, 0.4) is 0 Å². The van der Waals surface area contributed by atoms with Crippen LogP contribution in [0, 0.1) is 11.3 Å². The molecule has 1 aliphatic heterocycles. The Morgan fingerprint density at radius 1 is 1.47 bits per heavy atom. The number of ether oxygens (including phenoxy) is 1. The lowest BCUT2D eigenvalue weighted by molar-refractivity contribution is -0.0682. The SMILES string of the molecule is CNC(C#N)CCN1CC(C)OC(C)C1. The van der Waals surface area contributed by atoms with Gasteiger partial charge in [0, 0.05) is 19.6 Å². The molecule has 1 heterocycles. The Kier molecular flexibility index (Phi) is 5.03. The van der Waals surface area contributed by atoms with Gasteiger partial charge < -0.3 is 10.1 Å². The van der Waals surface area contributed by atoms with E-state index in [4.69, 9.17) is 10.00 Å². The number of nitriles is 1. The van der Waals surface area contributed by atoms with Crippen molar-refractivity contribution in [3.05, 3.63) is 0 Å². The van der Waals surface area contributed by atoms with Gasteiger partial charge in [0.15, 0.2) is 0 Å². The quantitative estimate of drug-likeness (QED) is 0.739. The normalized spacial score (nSPS) is 29.7. The zero-order chi connectivity index (χ0) is 11.3. The first-order valence-electron chi connectivity index (χ1n) is 5.60. The molecule has 3 atom stereocenters.